The molecule has 26 heavy (non-hydrogen) atoms. The van der Waals surface area contributed by atoms with Gasteiger partial charge in [0.2, 0.25) is 0 Å². The minimum Gasteiger partial charge on any atom is -0.496 e. The van der Waals surface area contributed by atoms with E-state index in [2.05, 4.69) is 20.6 Å². The zero-order valence-electron chi connectivity index (χ0n) is 14.1. The molecule has 0 aliphatic rings. The van der Waals surface area contributed by atoms with E-state index in [1.807, 2.05) is 42.5 Å². The van der Waals surface area contributed by atoms with Crippen molar-refractivity contribution in [2.24, 2.45) is 0 Å². The molecular weight excluding hydrogens is 352 g/mol. The number of nitrogens with one attached hydrogen (secondary N) is 2. The number of methoxy groups -OCH3 is 1. The monoisotopic (exact) mass is 368 g/mol. The molecule has 0 aliphatic heterocycles. The first kappa shape index (κ1) is 17.7. The number of anilines is 2. The van der Waals surface area contributed by atoms with Gasteiger partial charge < -0.3 is 15.4 Å². The Bertz CT molecular complexity index is 917. The van der Waals surface area contributed by atoms with Crippen molar-refractivity contribution < 1.29 is 9.53 Å². The van der Waals surface area contributed by atoms with Gasteiger partial charge in [0.1, 0.15) is 23.6 Å². The maximum Gasteiger partial charge on any atom is 0.270 e. The second-order valence-corrected chi connectivity index (χ2v) is 5.80. The molecule has 0 saturated carbocycles. The van der Waals surface area contributed by atoms with Crippen molar-refractivity contribution in [3.63, 3.8) is 0 Å². The minimum absolute atomic E-state index is 0.254. The predicted molar refractivity (Wildman–Crippen MR) is 101 cm³/mol. The first-order valence-corrected chi connectivity index (χ1v) is 8.29. The average Bonchev–Trinajstić information content (AvgIpc) is 2.68. The molecule has 0 bridgehead atoms. The van der Waals surface area contributed by atoms with Crippen LogP contribution in [0.1, 0.15) is 16.1 Å². The first-order valence-electron chi connectivity index (χ1n) is 7.91. The summed E-state index contributed by atoms with van der Waals surface area (Å²) in [6.45, 7) is 0.333. The van der Waals surface area contributed by atoms with E-state index < -0.39 is 0 Å². The molecule has 0 unspecified atom stereocenters. The van der Waals surface area contributed by atoms with Gasteiger partial charge in [-0.3, -0.25) is 4.79 Å². The molecule has 0 fully saturated rings. The summed E-state index contributed by atoms with van der Waals surface area (Å²) < 4.78 is 5.28. The largest absolute Gasteiger partial charge is 0.496 e. The fourth-order valence-electron chi connectivity index (χ4n) is 2.37. The average molecular weight is 369 g/mol. The number of halogens is 1. The van der Waals surface area contributed by atoms with E-state index in [9.17, 15) is 4.79 Å². The summed E-state index contributed by atoms with van der Waals surface area (Å²) in [4.78, 5) is 20.5. The van der Waals surface area contributed by atoms with Crippen molar-refractivity contribution in [2.75, 3.05) is 12.4 Å². The number of hydrogen-bond donors (Lipinski definition) is 2. The molecule has 0 atom stereocenters. The smallest absolute Gasteiger partial charge is 0.270 e. The number of para-hydroxylation sites is 2. The normalized spacial score (nSPS) is 10.2. The fourth-order valence-corrected chi connectivity index (χ4v) is 2.55. The standard InChI is InChI=1S/C19H17ClN4O2/c1-26-17-9-5-2-6-13(17)11-21-19(25)16-10-18(23-12-22-16)24-15-8-4-3-7-14(15)20/h2-10,12H,11H2,1H3,(H,21,25)(H,22,23,24). The summed E-state index contributed by atoms with van der Waals surface area (Å²) in [5, 5.41) is 6.47. The molecule has 3 rings (SSSR count). The number of nitrogens with zero attached hydrogens (tertiary/aromatic N) is 2. The van der Waals surface area contributed by atoms with Gasteiger partial charge in [-0.05, 0) is 18.2 Å². The van der Waals surface area contributed by atoms with Gasteiger partial charge in [-0.15, -0.1) is 0 Å². The van der Waals surface area contributed by atoms with Crippen LogP contribution in [0.25, 0.3) is 0 Å². The molecule has 7 heteroatoms. The fraction of sp³-hybridized carbons (Fsp3) is 0.105. The lowest BCUT2D eigenvalue weighted by atomic mass is 10.2. The number of carbonyl (C=O) groups excluding carboxylic acids is 1. The minimum atomic E-state index is -0.305. The Morgan fingerprint density at radius 3 is 2.69 bits per heavy atom. The van der Waals surface area contributed by atoms with E-state index in [4.69, 9.17) is 16.3 Å². The third-order valence-electron chi connectivity index (χ3n) is 3.67. The van der Waals surface area contributed by atoms with Crippen LogP contribution < -0.4 is 15.4 Å². The predicted octanol–water partition coefficient (Wildman–Crippen LogP) is 3.81. The van der Waals surface area contributed by atoms with Crippen LogP contribution in [0, 0.1) is 0 Å². The summed E-state index contributed by atoms with van der Waals surface area (Å²) in [6, 6.07) is 16.4. The number of rotatable bonds is 6. The highest BCUT2D eigenvalue weighted by Gasteiger charge is 2.11. The number of carbonyl (C=O) groups is 1. The van der Waals surface area contributed by atoms with Crippen LogP contribution in [-0.2, 0) is 6.54 Å². The number of benzene rings is 2. The van der Waals surface area contributed by atoms with E-state index in [1.165, 1.54) is 6.33 Å². The molecule has 1 amide bonds. The van der Waals surface area contributed by atoms with Crippen molar-refractivity contribution >= 4 is 29.0 Å². The van der Waals surface area contributed by atoms with E-state index in [1.54, 1.807) is 19.2 Å². The van der Waals surface area contributed by atoms with Crippen LogP contribution in [0.3, 0.4) is 0 Å². The highest BCUT2D eigenvalue weighted by Crippen LogP contribution is 2.23. The molecule has 0 aliphatic carbocycles. The Morgan fingerprint density at radius 2 is 1.88 bits per heavy atom. The molecule has 2 N–H and O–H groups in total. The van der Waals surface area contributed by atoms with Crippen LogP contribution in [0.5, 0.6) is 5.75 Å². The molecule has 132 valence electrons. The van der Waals surface area contributed by atoms with Gasteiger partial charge in [0, 0.05) is 18.2 Å². The quantitative estimate of drug-likeness (QED) is 0.691. The zero-order valence-corrected chi connectivity index (χ0v) is 14.8. The Labute approximate surface area is 156 Å². The van der Waals surface area contributed by atoms with Crippen molar-refractivity contribution in [3.05, 3.63) is 77.2 Å². The molecule has 0 spiro atoms. The Morgan fingerprint density at radius 1 is 1.12 bits per heavy atom. The molecule has 6 nitrogen and oxygen atoms in total. The van der Waals surface area contributed by atoms with Crippen LogP contribution in [0.4, 0.5) is 11.5 Å². The molecule has 0 radical (unpaired) electrons. The topological polar surface area (TPSA) is 76.1 Å². The molecule has 2 aromatic carbocycles. The summed E-state index contributed by atoms with van der Waals surface area (Å²) in [6.07, 6.45) is 1.33. The van der Waals surface area contributed by atoms with Gasteiger partial charge in [0.05, 0.1) is 17.8 Å². The zero-order chi connectivity index (χ0) is 18.4. The molecular formula is C19H17ClN4O2. The summed E-state index contributed by atoms with van der Waals surface area (Å²) in [5.41, 5.74) is 1.84. The number of ether oxygens (including phenoxy) is 1. The van der Waals surface area contributed by atoms with Crippen molar-refractivity contribution in [3.8, 4) is 5.75 Å². The molecule has 1 aromatic heterocycles. The second kappa shape index (κ2) is 8.31. The molecule has 0 saturated heterocycles. The van der Waals surface area contributed by atoms with Gasteiger partial charge in [0.15, 0.2) is 0 Å². The van der Waals surface area contributed by atoms with Crippen LogP contribution in [0.2, 0.25) is 5.02 Å². The van der Waals surface area contributed by atoms with E-state index in [0.717, 1.165) is 11.3 Å². The molecule has 1 heterocycles. The maximum absolute atomic E-state index is 12.4. The third kappa shape index (κ3) is 4.29. The lowest BCUT2D eigenvalue weighted by Gasteiger charge is -2.10. The number of amides is 1. The number of aromatic nitrogens is 2. The van der Waals surface area contributed by atoms with Crippen molar-refractivity contribution in [1.82, 2.24) is 15.3 Å². The SMILES string of the molecule is COc1ccccc1CNC(=O)c1cc(Nc2ccccc2Cl)ncn1. The highest BCUT2D eigenvalue weighted by molar-refractivity contribution is 6.33. The van der Waals surface area contributed by atoms with Crippen LogP contribution >= 0.6 is 11.6 Å². The Kier molecular flexibility index (Phi) is 5.66. The highest BCUT2D eigenvalue weighted by atomic mass is 35.5. The van der Waals surface area contributed by atoms with E-state index in [0.29, 0.717) is 23.1 Å². The van der Waals surface area contributed by atoms with Crippen molar-refractivity contribution in [1.29, 1.82) is 0 Å². The van der Waals surface area contributed by atoms with Gasteiger partial charge in [-0.2, -0.15) is 0 Å². The van der Waals surface area contributed by atoms with Gasteiger partial charge >= 0.3 is 0 Å². The second-order valence-electron chi connectivity index (χ2n) is 5.39. The summed E-state index contributed by atoms with van der Waals surface area (Å²) >= 11 is 6.13. The van der Waals surface area contributed by atoms with E-state index in [-0.39, 0.29) is 11.6 Å². The number of hydrogen-bond acceptors (Lipinski definition) is 5. The van der Waals surface area contributed by atoms with Gasteiger partial charge in [-0.1, -0.05) is 41.9 Å². The van der Waals surface area contributed by atoms with Crippen LogP contribution in [-0.4, -0.2) is 23.0 Å². The third-order valence-corrected chi connectivity index (χ3v) is 4.00. The van der Waals surface area contributed by atoms with Gasteiger partial charge in [0.25, 0.3) is 5.91 Å². The van der Waals surface area contributed by atoms with Crippen LogP contribution in [0.15, 0.2) is 60.9 Å². The lowest BCUT2D eigenvalue weighted by Crippen LogP contribution is -2.24. The first-order chi connectivity index (χ1) is 12.7. The Hall–Kier alpha value is -3.12. The lowest BCUT2D eigenvalue weighted by molar-refractivity contribution is 0.0945. The summed E-state index contributed by atoms with van der Waals surface area (Å²) in [5.74, 6) is 0.896. The Balaban J connectivity index is 1.69. The maximum atomic E-state index is 12.4. The van der Waals surface area contributed by atoms with Gasteiger partial charge in [-0.25, -0.2) is 9.97 Å². The molecule has 3 aromatic rings. The van der Waals surface area contributed by atoms with E-state index >= 15 is 0 Å². The summed E-state index contributed by atoms with van der Waals surface area (Å²) in [7, 11) is 1.59. The van der Waals surface area contributed by atoms with Crippen molar-refractivity contribution in [2.45, 2.75) is 6.54 Å².